The molecule has 0 bridgehead atoms. The van der Waals surface area contributed by atoms with Gasteiger partial charge in [0, 0.05) is 5.56 Å². The molecule has 0 heterocycles. The minimum atomic E-state index is -6.00. The second kappa shape index (κ2) is 8.45. The van der Waals surface area contributed by atoms with E-state index in [1.807, 2.05) is 0 Å². The van der Waals surface area contributed by atoms with E-state index in [9.17, 15) is 17.3 Å². The first-order chi connectivity index (χ1) is 12.1. The van der Waals surface area contributed by atoms with E-state index in [-0.39, 0.29) is 0 Å². The smallest absolute Gasteiger partial charge is 0.418 e. The van der Waals surface area contributed by atoms with E-state index in [4.69, 9.17) is 0 Å². The molecule has 26 heavy (non-hydrogen) atoms. The van der Waals surface area contributed by atoms with E-state index in [1.54, 1.807) is 0 Å². The molecule has 0 nitrogen and oxygen atoms in total. The lowest BCUT2D eigenvalue weighted by Crippen LogP contribution is -2.02. The van der Waals surface area contributed by atoms with Gasteiger partial charge < -0.3 is 17.3 Å². The van der Waals surface area contributed by atoms with Crippen LogP contribution < -0.4 is 0 Å². The maximum absolute atomic E-state index is 9.75. The summed E-state index contributed by atoms with van der Waals surface area (Å²) in [5.41, 5.74) is 7.55. The summed E-state index contributed by atoms with van der Waals surface area (Å²) in [6.45, 7) is 4.23. The second-order valence-electron chi connectivity index (χ2n) is 5.96. The molecule has 0 aliphatic carbocycles. The average Bonchev–Trinajstić information content (AvgIpc) is 2.55. The standard InChI is InChI=1S/C20H18S.BF4/c1-14-6-10-16(11-7-14)18-4-3-5-19(21)20(18)17-12-8-15(2)9-13-17;2-1(3,4)5/h3-13,21H,1-2H3;/q;-1/p+1. The van der Waals surface area contributed by atoms with Gasteiger partial charge in [0.2, 0.25) is 0 Å². The lowest BCUT2D eigenvalue weighted by molar-refractivity contribution is 0.368. The Hall–Kier alpha value is -2.21. The van der Waals surface area contributed by atoms with Crippen LogP contribution in [0.1, 0.15) is 11.1 Å². The first-order valence-electron chi connectivity index (χ1n) is 8.01. The highest BCUT2D eigenvalue weighted by molar-refractivity contribution is 7.59. The van der Waals surface area contributed by atoms with Gasteiger partial charge in [0.25, 0.3) is 0 Å². The number of hydrogen-bond donors (Lipinski definition) is 0. The van der Waals surface area contributed by atoms with E-state index in [0.29, 0.717) is 0 Å². The highest BCUT2D eigenvalue weighted by Crippen LogP contribution is 2.35. The van der Waals surface area contributed by atoms with Gasteiger partial charge in [-0.15, -0.1) is 0 Å². The van der Waals surface area contributed by atoms with Crippen molar-refractivity contribution in [2.75, 3.05) is 0 Å². The maximum Gasteiger partial charge on any atom is 0.673 e. The molecule has 0 aliphatic heterocycles. The van der Waals surface area contributed by atoms with Crippen LogP contribution in [-0.2, 0) is 12.6 Å². The van der Waals surface area contributed by atoms with Crippen LogP contribution in [0, 0.1) is 13.8 Å². The highest BCUT2D eigenvalue weighted by Gasteiger charge is 2.20. The van der Waals surface area contributed by atoms with E-state index < -0.39 is 7.25 Å². The van der Waals surface area contributed by atoms with E-state index in [0.717, 1.165) is 4.90 Å². The summed E-state index contributed by atoms with van der Waals surface area (Å²) < 4.78 is 39.0. The fourth-order valence-corrected chi connectivity index (χ4v) is 2.93. The van der Waals surface area contributed by atoms with Crippen LogP contribution in [0.15, 0.2) is 71.6 Å². The molecule has 136 valence electrons. The van der Waals surface area contributed by atoms with Crippen LogP contribution >= 0.6 is 0 Å². The van der Waals surface area contributed by atoms with E-state index in [2.05, 4.69) is 93.2 Å². The van der Waals surface area contributed by atoms with Crippen molar-refractivity contribution in [1.82, 2.24) is 0 Å². The van der Waals surface area contributed by atoms with Crippen molar-refractivity contribution in [3.05, 3.63) is 77.9 Å². The van der Waals surface area contributed by atoms with Gasteiger partial charge in [0.05, 0.1) is 0 Å². The van der Waals surface area contributed by atoms with Crippen LogP contribution in [-0.4, -0.2) is 7.25 Å². The van der Waals surface area contributed by atoms with Gasteiger partial charge in [-0.2, -0.15) is 0 Å². The fraction of sp³-hybridized carbons (Fsp3) is 0.100. The van der Waals surface area contributed by atoms with Gasteiger partial charge in [0.1, 0.15) is 0 Å². The van der Waals surface area contributed by atoms with Crippen LogP contribution in [0.3, 0.4) is 0 Å². The van der Waals surface area contributed by atoms with Gasteiger partial charge in [0.15, 0.2) is 4.90 Å². The SMILES string of the molecule is Cc1ccc(-c2cccc([SH2+])c2-c2ccc(C)cc2)cc1.F[B-](F)(F)F. The summed E-state index contributed by atoms with van der Waals surface area (Å²) >= 11 is 3.77. The first-order valence-corrected chi connectivity index (χ1v) is 8.51. The molecule has 0 saturated carbocycles. The average molecular weight is 378 g/mol. The summed E-state index contributed by atoms with van der Waals surface area (Å²) in [7, 11) is -6.00. The Bertz CT molecular complexity index is 850. The Morgan fingerprint density at radius 1 is 0.654 bits per heavy atom. The van der Waals surface area contributed by atoms with Gasteiger partial charge in [-0.3, -0.25) is 0 Å². The summed E-state index contributed by atoms with van der Waals surface area (Å²) in [5.74, 6) is 0. The molecule has 0 aliphatic rings. The molecule has 0 aromatic heterocycles. The zero-order valence-corrected chi connectivity index (χ0v) is 15.4. The number of halogens is 4. The largest absolute Gasteiger partial charge is 0.673 e. The monoisotopic (exact) mass is 378 g/mol. The second-order valence-corrected chi connectivity index (χ2v) is 6.49. The molecular formula is C20H19BF4S. The zero-order valence-electron chi connectivity index (χ0n) is 14.4. The third-order valence-corrected chi connectivity index (χ3v) is 4.18. The minimum absolute atomic E-state index is 1.12. The predicted molar refractivity (Wildman–Crippen MR) is 105 cm³/mol. The van der Waals surface area contributed by atoms with Crippen LogP contribution in [0.4, 0.5) is 17.3 Å². The molecule has 0 N–H and O–H groups in total. The molecule has 3 aromatic rings. The predicted octanol–water partition coefficient (Wildman–Crippen LogP) is 6.31. The van der Waals surface area contributed by atoms with Crippen molar-refractivity contribution >= 4 is 19.9 Å². The Morgan fingerprint density at radius 2 is 1.08 bits per heavy atom. The summed E-state index contributed by atoms with van der Waals surface area (Å²) in [6.07, 6.45) is 0. The minimum Gasteiger partial charge on any atom is -0.418 e. The third kappa shape index (κ3) is 5.95. The first kappa shape index (κ1) is 20.1. The topological polar surface area (TPSA) is 0 Å². The molecule has 0 fully saturated rings. The maximum atomic E-state index is 9.75. The lowest BCUT2D eigenvalue weighted by Gasteiger charge is -2.11. The van der Waals surface area contributed by atoms with Crippen molar-refractivity contribution in [3.8, 4) is 22.3 Å². The van der Waals surface area contributed by atoms with Crippen LogP contribution in [0.25, 0.3) is 22.3 Å². The molecule has 3 aromatic carbocycles. The molecule has 0 radical (unpaired) electrons. The van der Waals surface area contributed by atoms with Gasteiger partial charge >= 0.3 is 7.25 Å². The van der Waals surface area contributed by atoms with Crippen molar-refractivity contribution < 1.29 is 17.3 Å². The number of hydrogen-bond acceptors (Lipinski definition) is 0. The van der Waals surface area contributed by atoms with Gasteiger partial charge in [-0.05, 0) is 49.2 Å². The fourth-order valence-electron chi connectivity index (χ4n) is 2.56. The number of aryl methyl sites for hydroxylation is 2. The Morgan fingerprint density at radius 3 is 1.54 bits per heavy atom. The highest BCUT2D eigenvalue weighted by atomic mass is 32.1. The molecular weight excluding hydrogens is 359 g/mol. The number of benzene rings is 3. The van der Waals surface area contributed by atoms with E-state index >= 15 is 0 Å². The van der Waals surface area contributed by atoms with Crippen molar-refractivity contribution in [2.45, 2.75) is 18.7 Å². The Kier molecular flexibility index (Phi) is 6.54. The van der Waals surface area contributed by atoms with Gasteiger partial charge in [-0.25, -0.2) is 0 Å². The Balaban J connectivity index is 0.000000431. The summed E-state index contributed by atoms with van der Waals surface area (Å²) in [5, 5.41) is 0. The summed E-state index contributed by atoms with van der Waals surface area (Å²) in [6, 6.07) is 23.8. The van der Waals surface area contributed by atoms with Crippen LogP contribution in [0.5, 0.6) is 0 Å². The molecule has 0 atom stereocenters. The molecule has 0 saturated heterocycles. The summed E-state index contributed by atoms with van der Waals surface area (Å²) in [4.78, 5) is 1.12. The van der Waals surface area contributed by atoms with Gasteiger partial charge in [-0.1, -0.05) is 71.8 Å². The quantitative estimate of drug-likeness (QED) is 0.279. The van der Waals surface area contributed by atoms with Crippen molar-refractivity contribution in [3.63, 3.8) is 0 Å². The lowest BCUT2D eigenvalue weighted by atomic mass is 9.93. The van der Waals surface area contributed by atoms with Crippen molar-refractivity contribution in [1.29, 1.82) is 0 Å². The third-order valence-electron chi connectivity index (χ3n) is 3.77. The van der Waals surface area contributed by atoms with E-state index in [1.165, 1.54) is 33.4 Å². The molecule has 0 spiro atoms. The molecule has 3 rings (SSSR count). The zero-order chi connectivity index (χ0) is 19.3. The molecule has 0 unspecified atom stereocenters. The Labute approximate surface area is 156 Å². The van der Waals surface area contributed by atoms with Crippen LogP contribution in [0.2, 0.25) is 0 Å². The molecule has 0 amide bonds. The molecule has 6 heteroatoms. The normalized spacial score (nSPS) is 10.9. The number of rotatable bonds is 2. The van der Waals surface area contributed by atoms with Crippen molar-refractivity contribution in [2.24, 2.45) is 0 Å².